The van der Waals surface area contributed by atoms with Gasteiger partial charge in [0.2, 0.25) is 0 Å². The smallest absolute Gasteiger partial charge is 0.260 e. The first kappa shape index (κ1) is 17.3. The van der Waals surface area contributed by atoms with Gasteiger partial charge in [-0.3, -0.25) is 4.79 Å². The number of nitrogens with one attached hydrogen (secondary N) is 1. The molecule has 5 nitrogen and oxygen atoms in total. The summed E-state index contributed by atoms with van der Waals surface area (Å²) in [5.74, 6) is 1.42. The zero-order valence-corrected chi connectivity index (χ0v) is 13.3. The van der Waals surface area contributed by atoms with E-state index in [0.717, 1.165) is 5.56 Å². The Hall–Kier alpha value is -1.75. The summed E-state index contributed by atoms with van der Waals surface area (Å²) in [6, 6.07) is 5.55. The predicted molar refractivity (Wildman–Crippen MR) is 83.4 cm³/mol. The van der Waals surface area contributed by atoms with Gasteiger partial charge in [-0.2, -0.15) is 0 Å². The van der Waals surface area contributed by atoms with Crippen molar-refractivity contribution >= 4 is 5.91 Å². The number of amides is 1. The summed E-state index contributed by atoms with van der Waals surface area (Å²) in [6.07, 6.45) is -0.601. The lowest BCUT2D eigenvalue weighted by Gasteiger charge is -2.20. The molecule has 0 spiro atoms. The summed E-state index contributed by atoms with van der Waals surface area (Å²) >= 11 is 0. The van der Waals surface area contributed by atoms with E-state index in [1.54, 1.807) is 6.92 Å². The molecule has 0 fully saturated rings. The van der Waals surface area contributed by atoms with Crippen LogP contribution in [0.2, 0.25) is 0 Å². The Kier molecular flexibility index (Phi) is 7.02. The predicted octanol–water partition coefficient (Wildman–Crippen LogP) is 2.08. The fourth-order valence-electron chi connectivity index (χ4n) is 1.80. The Morgan fingerprint density at radius 2 is 2.05 bits per heavy atom. The van der Waals surface area contributed by atoms with Crippen LogP contribution in [-0.2, 0) is 11.3 Å². The van der Waals surface area contributed by atoms with Crippen LogP contribution in [0.3, 0.4) is 0 Å². The molecule has 1 amide bonds. The SMILES string of the molecule is CCOc1cccc(CN)c1OC(C)C(=O)NCC(C)C. The van der Waals surface area contributed by atoms with Crippen LogP contribution in [0.1, 0.15) is 33.3 Å². The number of hydrogen-bond donors (Lipinski definition) is 2. The normalized spacial score (nSPS) is 12.1. The molecule has 0 saturated carbocycles. The monoisotopic (exact) mass is 294 g/mol. The van der Waals surface area contributed by atoms with Crippen molar-refractivity contribution < 1.29 is 14.3 Å². The molecule has 0 aliphatic rings. The number of carbonyl (C=O) groups excluding carboxylic acids is 1. The van der Waals surface area contributed by atoms with Crippen molar-refractivity contribution in [2.24, 2.45) is 11.7 Å². The van der Waals surface area contributed by atoms with Crippen LogP contribution in [0.4, 0.5) is 0 Å². The van der Waals surface area contributed by atoms with Crippen molar-refractivity contribution in [3.8, 4) is 11.5 Å². The molecular weight excluding hydrogens is 268 g/mol. The third kappa shape index (κ3) is 5.27. The molecule has 1 aromatic carbocycles. The highest BCUT2D eigenvalue weighted by molar-refractivity contribution is 5.80. The number of hydrogen-bond acceptors (Lipinski definition) is 4. The van der Waals surface area contributed by atoms with Crippen molar-refractivity contribution in [2.45, 2.75) is 40.3 Å². The Labute approximate surface area is 126 Å². The zero-order chi connectivity index (χ0) is 15.8. The molecule has 0 bridgehead atoms. The highest BCUT2D eigenvalue weighted by Crippen LogP contribution is 2.32. The maximum absolute atomic E-state index is 12.0. The third-order valence-electron chi connectivity index (χ3n) is 2.93. The van der Waals surface area contributed by atoms with E-state index in [1.165, 1.54) is 0 Å². The molecule has 0 aromatic heterocycles. The number of nitrogens with two attached hydrogens (primary N) is 1. The standard InChI is InChI=1S/C16H26N2O3/c1-5-20-14-8-6-7-13(9-17)15(14)21-12(4)16(19)18-10-11(2)3/h6-8,11-12H,5,9-10,17H2,1-4H3,(H,18,19). The van der Waals surface area contributed by atoms with E-state index in [1.807, 2.05) is 39.0 Å². The number of ether oxygens (including phenoxy) is 2. The molecule has 1 atom stereocenters. The van der Waals surface area contributed by atoms with Crippen LogP contribution >= 0.6 is 0 Å². The Morgan fingerprint density at radius 3 is 2.62 bits per heavy atom. The first-order valence-corrected chi connectivity index (χ1v) is 7.38. The fraction of sp³-hybridized carbons (Fsp3) is 0.562. The second-order valence-electron chi connectivity index (χ2n) is 5.28. The van der Waals surface area contributed by atoms with Crippen LogP contribution in [0.5, 0.6) is 11.5 Å². The molecule has 0 saturated heterocycles. The molecule has 1 unspecified atom stereocenters. The van der Waals surface area contributed by atoms with E-state index in [9.17, 15) is 4.79 Å². The van der Waals surface area contributed by atoms with Gasteiger partial charge >= 0.3 is 0 Å². The average Bonchev–Trinajstić information content (AvgIpc) is 2.46. The van der Waals surface area contributed by atoms with Crippen LogP contribution in [0.15, 0.2) is 18.2 Å². The van der Waals surface area contributed by atoms with Crippen LogP contribution in [0, 0.1) is 5.92 Å². The van der Waals surface area contributed by atoms with Gasteiger partial charge < -0.3 is 20.5 Å². The molecule has 5 heteroatoms. The molecule has 118 valence electrons. The van der Waals surface area contributed by atoms with E-state index in [4.69, 9.17) is 15.2 Å². The summed E-state index contributed by atoms with van der Waals surface area (Å²) in [6.45, 7) is 9.19. The summed E-state index contributed by atoms with van der Waals surface area (Å²) in [7, 11) is 0. The lowest BCUT2D eigenvalue weighted by molar-refractivity contribution is -0.127. The van der Waals surface area contributed by atoms with Crippen LogP contribution in [-0.4, -0.2) is 25.2 Å². The Balaban J connectivity index is 2.82. The van der Waals surface area contributed by atoms with E-state index >= 15 is 0 Å². The van der Waals surface area contributed by atoms with Gasteiger partial charge in [-0.25, -0.2) is 0 Å². The van der Waals surface area contributed by atoms with E-state index in [2.05, 4.69) is 5.32 Å². The second-order valence-corrected chi connectivity index (χ2v) is 5.28. The molecule has 0 aliphatic heterocycles. The molecule has 1 rings (SSSR count). The number of rotatable bonds is 8. The first-order chi connectivity index (χ1) is 9.99. The van der Waals surface area contributed by atoms with Gasteiger partial charge in [-0.15, -0.1) is 0 Å². The van der Waals surface area contributed by atoms with Crippen molar-refractivity contribution in [1.29, 1.82) is 0 Å². The quantitative estimate of drug-likeness (QED) is 0.770. The number of para-hydroxylation sites is 1. The molecule has 0 radical (unpaired) electrons. The van der Waals surface area contributed by atoms with Crippen molar-refractivity contribution in [1.82, 2.24) is 5.32 Å². The van der Waals surface area contributed by atoms with Gasteiger partial charge in [-0.1, -0.05) is 26.0 Å². The first-order valence-electron chi connectivity index (χ1n) is 7.38. The second kappa shape index (κ2) is 8.52. The molecule has 21 heavy (non-hydrogen) atoms. The molecule has 1 aromatic rings. The Bertz CT molecular complexity index is 461. The Morgan fingerprint density at radius 1 is 1.33 bits per heavy atom. The third-order valence-corrected chi connectivity index (χ3v) is 2.93. The van der Waals surface area contributed by atoms with E-state index in [-0.39, 0.29) is 5.91 Å². The fourth-order valence-corrected chi connectivity index (χ4v) is 1.80. The van der Waals surface area contributed by atoms with Crippen LogP contribution < -0.4 is 20.5 Å². The lowest BCUT2D eigenvalue weighted by atomic mass is 10.2. The molecule has 0 heterocycles. The van der Waals surface area contributed by atoms with E-state index < -0.39 is 6.10 Å². The summed E-state index contributed by atoms with van der Waals surface area (Å²) in [5.41, 5.74) is 6.55. The van der Waals surface area contributed by atoms with Crippen LogP contribution in [0.25, 0.3) is 0 Å². The lowest BCUT2D eigenvalue weighted by Crippen LogP contribution is -2.38. The van der Waals surface area contributed by atoms with Gasteiger partial charge in [0, 0.05) is 18.7 Å². The highest BCUT2D eigenvalue weighted by atomic mass is 16.5. The minimum Gasteiger partial charge on any atom is -0.490 e. The van der Waals surface area contributed by atoms with E-state index in [0.29, 0.717) is 37.1 Å². The minimum atomic E-state index is -0.601. The van der Waals surface area contributed by atoms with Crippen molar-refractivity contribution in [3.05, 3.63) is 23.8 Å². The average molecular weight is 294 g/mol. The molecule has 0 aliphatic carbocycles. The maximum Gasteiger partial charge on any atom is 0.260 e. The summed E-state index contributed by atoms with van der Waals surface area (Å²) < 4.78 is 11.3. The van der Waals surface area contributed by atoms with Crippen molar-refractivity contribution in [2.75, 3.05) is 13.2 Å². The zero-order valence-electron chi connectivity index (χ0n) is 13.3. The highest BCUT2D eigenvalue weighted by Gasteiger charge is 2.19. The molecule has 3 N–H and O–H groups in total. The van der Waals surface area contributed by atoms with Gasteiger partial charge in [0.25, 0.3) is 5.91 Å². The topological polar surface area (TPSA) is 73.6 Å². The molecular formula is C16H26N2O3. The maximum atomic E-state index is 12.0. The van der Waals surface area contributed by atoms with Gasteiger partial charge in [0.15, 0.2) is 17.6 Å². The minimum absolute atomic E-state index is 0.141. The summed E-state index contributed by atoms with van der Waals surface area (Å²) in [5, 5.41) is 2.86. The largest absolute Gasteiger partial charge is 0.490 e. The number of carbonyl (C=O) groups is 1. The summed E-state index contributed by atoms with van der Waals surface area (Å²) in [4.78, 5) is 12.0. The van der Waals surface area contributed by atoms with Crippen molar-refractivity contribution in [3.63, 3.8) is 0 Å². The number of benzene rings is 1. The van der Waals surface area contributed by atoms with Gasteiger partial charge in [0.1, 0.15) is 0 Å². The van der Waals surface area contributed by atoms with Gasteiger partial charge in [0.05, 0.1) is 6.61 Å². The van der Waals surface area contributed by atoms with Gasteiger partial charge in [-0.05, 0) is 25.8 Å².